The van der Waals surface area contributed by atoms with Crippen molar-refractivity contribution in [2.24, 2.45) is 0 Å². The van der Waals surface area contributed by atoms with Gasteiger partial charge in [0, 0.05) is 0 Å². The maximum absolute atomic E-state index is 8.95. The molecule has 3 heteroatoms. The van der Waals surface area contributed by atoms with Crippen molar-refractivity contribution in [1.29, 1.82) is 0 Å². The van der Waals surface area contributed by atoms with Crippen molar-refractivity contribution in [3.8, 4) is 0 Å². The van der Waals surface area contributed by atoms with Gasteiger partial charge in [0.2, 0.25) is 0 Å². The van der Waals surface area contributed by atoms with Crippen LogP contribution < -0.4 is 0 Å². The molecular formula is C10H13BO2. The van der Waals surface area contributed by atoms with Crippen LogP contribution in [0.4, 0.5) is 0 Å². The molecule has 1 aliphatic carbocycles. The maximum atomic E-state index is 8.95. The largest absolute Gasteiger partial charge is 0.488 e. The summed E-state index contributed by atoms with van der Waals surface area (Å²) in [6, 6.07) is 0. The first kappa shape index (κ1) is 10.0. The summed E-state index contributed by atoms with van der Waals surface area (Å²) in [5.74, 6) is 0. The van der Waals surface area contributed by atoms with Gasteiger partial charge in [-0.05, 0) is 18.3 Å². The van der Waals surface area contributed by atoms with Crippen LogP contribution in [0.25, 0.3) is 0 Å². The first-order valence-electron chi connectivity index (χ1n) is 4.35. The minimum atomic E-state index is -1.37. The minimum absolute atomic E-state index is 0.556. The van der Waals surface area contributed by atoms with Crippen LogP contribution in [0.1, 0.15) is 12.8 Å². The molecule has 0 saturated heterocycles. The molecule has 0 aromatic heterocycles. The number of hydrogen-bond donors (Lipinski definition) is 2. The molecule has 0 bridgehead atoms. The molecule has 0 radical (unpaired) electrons. The van der Waals surface area contributed by atoms with Gasteiger partial charge in [-0.3, -0.25) is 0 Å². The normalized spacial score (nSPS) is 21.8. The van der Waals surface area contributed by atoms with E-state index in [1.807, 2.05) is 30.4 Å². The molecule has 13 heavy (non-hydrogen) atoms. The second-order valence-electron chi connectivity index (χ2n) is 2.81. The van der Waals surface area contributed by atoms with Crippen LogP contribution in [0.2, 0.25) is 0 Å². The highest BCUT2D eigenvalue weighted by atomic mass is 16.4. The lowest BCUT2D eigenvalue weighted by Gasteiger charge is -1.99. The third-order valence-electron chi connectivity index (χ3n) is 1.75. The van der Waals surface area contributed by atoms with E-state index in [0.717, 1.165) is 12.8 Å². The molecule has 0 aliphatic heterocycles. The Balaban J connectivity index is 2.71. The highest BCUT2D eigenvalue weighted by Crippen LogP contribution is 2.04. The molecule has 0 unspecified atom stereocenters. The van der Waals surface area contributed by atoms with Crippen molar-refractivity contribution < 1.29 is 10.0 Å². The van der Waals surface area contributed by atoms with Gasteiger partial charge >= 0.3 is 7.12 Å². The van der Waals surface area contributed by atoms with E-state index >= 15 is 0 Å². The van der Waals surface area contributed by atoms with Gasteiger partial charge in [-0.2, -0.15) is 0 Å². The zero-order chi connectivity index (χ0) is 9.52. The van der Waals surface area contributed by atoms with E-state index in [4.69, 9.17) is 10.0 Å². The van der Waals surface area contributed by atoms with Crippen LogP contribution in [0.3, 0.4) is 0 Å². The third-order valence-corrected chi connectivity index (χ3v) is 1.75. The molecule has 1 rings (SSSR count). The minimum Gasteiger partial charge on any atom is -0.423 e. The van der Waals surface area contributed by atoms with Crippen LogP contribution >= 0.6 is 0 Å². The average molecular weight is 176 g/mol. The molecule has 0 spiro atoms. The molecule has 0 fully saturated rings. The standard InChI is InChI=1S/C10H13BO2/c12-11(13)10-8-6-4-2-1-3-5-7-9-10/h1-4,7-9,12-13H,5-6H2/b3-1-,4-2-,9-7?,10-8?. The zero-order valence-corrected chi connectivity index (χ0v) is 7.43. The Labute approximate surface area is 78.7 Å². The second kappa shape index (κ2) is 5.57. The molecule has 0 amide bonds. The molecule has 0 saturated carbocycles. The van der Waals surface area contributed by atoms with Gasteiger partial charge in [0.25, 0.3) is 0 Å². The number of rotatable bonds is 1. The topological polar surface area (TPSA) is 40.5 Å². The van der Waals surface area contributed by atoms with Crippen LogP contribution in [0, 0.1) is 0 Å². The van der Waals surface area contributed by atoms with Gasteiger partial charge in [0.1, 0.15) is 0 Å². The van der Waals surface area contributed by atoms with Gasteiger partial charge in [0.05, 0.1) is 0 Å². The Morgan fingerprint density at radius 2 is 1.69 bits per heavy atom. The van der Waals surface area contributed by atoms with Crippen LogP contribution in [0.15, 0.2) is 48.0 Å². The summed E-state index contributed by atoms with van der Waals surface area (Å²) in [6.07, 6.45) is 14.9. The summed E-state index contributed by atoms with van der Waals surface area (Å²) in [5, 5.41) is 17.9. The fourth-order valence-corrected chi connectivity index (χ4v) is 1.06. The van der Waals surface area contributed by atoms with Crippen LogP contribution in [-0.2, 0) is 0 Å². The van der Waals surface area contributed by atoms with Crippen molar-refractivity contribution in [2.75, 3.05) is 0 Å². The van der Waals surface area contributed by atoms with E-state index in [2.05, 4.69) is 0 Å². The van der Waals surface area contributed by atoms with Gasteiger partial charge in [0.15, 0.2) is 0 Å². The van der Waals surface area contributed by atoms with Crippen molar-refractivity contribution in [1.82, 2.24) is 0 Å². The van der Waals surface area contributed by atoms with Crippen LogP contribution in [-0.4, -0.2) is 17.2 Å². The van der Waals surface area contributed by atoms with E-state index in [0.29, 0.717) is 5.47 Å². The van der Waals surface area contributed by atoms with E-state index < -0.39 is 7.12 Å². The lowest BCUT2D eigenvalue weighted by molar-refractivity contribution is 0.420. The van der Waals surface area contributed by atoms with Crippen molar-refractivity contribution in [3.63, 3.8) is 0 Å². The van der Waals surface area contributed by atoms with Crippen molar-refractivity contribution in [3.05, 3.63) is 48.0 Å². The highest BCUT2D eigenvalue weighted by Gasteiger charge is 2.10. The monoisotopic (exact) mass is 176 g/mol. The first-order valence-corrected chi connectivity index (χ1v) is 4.35. The summed E-state index contributed by atoms with van der Waals surface area (Å²) in [5.41, 5.74) is 0.556. The average Bonchev–Trinajstić information content (AvgIpc) is 2.14. The molecule has 0 aromatic rings. The molecule has 2 nitrogen and oxygen atoms in total. The molecule has 0 aromatic carbocycles. The molecule has 2 N–H and O–H groups in total. The van der Waals surface area contributed by atoms with E-state index in [1.54, 1.807) is 12.2 Å². The lowest BCUT2D eigenvalue weighted by Crippen LogP contribution is -2.13. The first-order chi connectivity index (χ1) is 6.30. The predicted octanol–water partition coefficient (Wildman–Crippen LogP) is 1.39. The van der Waals surface area contributed by atoms with Crippen molar-refractivity contribution in [2.45, 2.75) is 12.8 Å². The van der Waals surface area contributed by atoms with Gasteiger partial charge in [-0.15, -0.1) is 0 Å². The lowest BCUT2D eigenvalue weighted by atomic mass is 9.78. The fourth-order valence-electron chi connectivity index (χ4n) is 1.06. The predicted molar refractivity (Wildman–Crippen MR) is 54.9 cm³/mol. The summed E-state index contributed by atoms with van der Waals surface area (Å²) in [4.78, 5) is 0. The smallest absolute Gasteiger partial charge is 0.423 e. The number of allylic oxidation sites excluding steroid dienone is 8. The van der Waals surface area contributed by atoms with Crippen LogP contribution in [0.5, 0.6) is 0 Å². The third kappa shape index (κ3) is 3.92. The van der Waals surface area contributed by atoms with E-state index in [-0.39, 0.29) is 0 Å². The highest BCUT2D eigenvalue weighted by molar-refractivity contribution is 6.51. The zero-order valence-electron chi connectivity index (χ0n) is 7.43. The van der Waals surface area contributed by atoms with Crippen molar-refractivity contribution >= 4 is 7.12 Å². The maximum Gasteiger partial charge on any atom is 0.488 e. The molecule has 0 atom stereocenters. The Morgan fingerprint density at radius 1 is 1.00 bits per heavy atom. The Kier molecular flexibility index (Phi) is 4.29. The van der Waals surface area contributed by atoms with Gasteiger partial charge in [-0.25, -0.2) is 0 Å². The summed E-state index contributed by atoms with van der Waals surface area (Å²) in [6.45, 7) is 0. The summed E-state index contributed by atoms with van der Waals surface area (Å²) in [7, 11) is -1.37. The quantitative estimate of drug-likeness (QED) is 0.592. The summed E-state index contributed by atoms with van der Waals surface area (Å²) < 4.78 is 0. The molecular weight excluding hydrogens is 163 g/mol. The molecule has 1 aliphatic rings. The second-order valence-corrected chi connectivity index (χ2v) is 2.81. The van der Waals surface area contributed by atoms with E-state index in [1.165, 1.54) is 0 Å². The molecule has 0 heterocycles. The van der Waals surface area contributed by atoms with Gasteiger partial charge in [-0.1, -0.05) is 42.5 Å². The Hall–Kier alpha value is -1.06. The Morgan fingerprint density at radius 3 is 2.38 bits per heavy atom. The molecule has 68 valence electrons. The summed E-state index contributed by atoms with van der Waals surface area (Å²) >= 11 is 0. The van der Waals surface area contributed by atoms with E-state index in [9.17, 15) is 0 Å². The number of hydrogen-bond acceptors (Lipinski definition) is 2. The fraction of sp³-hybridized carbons (Fsp3) is 0.200. The van der Waals surface area contributed by atoms with Gasteiger partial charge < -0.3 is 10.0 Å². The Bertz CT molecular complexity index is 262. The SMILES string of the molecule is OB(O)C1=CC/C=C\C=C/CC=C1.